The van der Waals surface area contributed by atoms with Gasteiger partial charge in [0, 0.05) is 0 Å². The number of ether oxygens (including phenoxy) is 2. The van der Waals surface area contributed by atoms with Crippen molar-refractivity contribution in [1.29, 1.82) is 0 Å². The number of hydrogen-bond donors (Lipinski definition) is 0. The number of sulfone groups is 1. The summed E-state index contributed by atoms with van der Waals surface area (Å²) in [5, 5.41) is 0. The molecule has 2 unspecified atom stereocenters. The van der Waals surface area contributed by atoms with Gasteiger partial charge < -0.3 is 9.47 Å². The van der Waals surface area contributed by atoms with Crippen molar-refractivity contribution in [3.63, 3.8) is 0 Å². The van der Waals surface area contributed by atoms with Gasteiger partial charge in [-0.1, -0.05) is 0 Å². The number of alkyl halides is 3. The van der Waals surface area contributed by atoms with Crippen LogP contribution in [0.4, 0.5) is 13.2 Å². The standard InChI is InChI=1S/C27H39F3O5S/c1-16(25-8-17-2-18(9-25)4-19(3-17)10-25)35-23(15-36(32,33)27(28,29)30)14-34-24(31)26-11-20-5-21(12-26)7-22(6-20)13-26/h16-23H,2-15H2,1H3. The van der Waals surface area contributed by atoms with E-state index in [0.29, 0.717) is 35.5 Å². The van der Waals surface area contributed by atoms with E-state index in [1.165, 1.54) is 19.3 Å². The van der Waals surface area contributed by atoms with Gasteiger partial charge in [-0.25, -0.2) is 8.42 Å². The zero-order chi connectivity index (χ0) is 25.5. The van der Waals surface area contributed by atoms with Gasteiger partial charge >= 0.3 is 11.5 Å². The number of rotatable bonds is 8. The molecule has 8 rings (SSSR count). The summed E-state index contributed by atoms with van der Waals surface area (Å²) in [7, 11) is -5.41. The molecule has 0 heterocycles. The summed E-state index contributed by atoms with van der Waals surface area (Å²) < 4.78 is 76.0. The maximum absolute atomic E-state index is 13.3. The molecule has 8 fully saturated rings. The molecule has 8 saturated carbocycles. The third kappa shape index (κ3) is 4.42. The van der Waals surface area contributed by atoms with Crippen LogP contribution in [-0.2, 0) is 24.1 Å². The van der Waals surface area contributed by atoms with Crippen molar-refractivity contribution in [2.24, 2.45) is 46.3 Å². The predicted molar refractivity (Wildman–Crippen MR) is 126 cm³/mol. The van der Waals surface area contributed by atoms with Gasteiger partial charge in [0.15, 0.2) is 0 Å². The van der Waals surface area contributed by atoms with Gasteiger partial charge in [0.1, 0.15) is 12.7 Å². The largest absolute Gasteiger partial charge is 0.497 e. The van der Waals surface area contributed by atoms with Crippen LogP contribution in [0.1, 0.15) is 84.0 Å². The highest BCUT2D eigenvalue weighted by atomic mass is 32.2. The summed E-state index contributed by atoms with van der Waals surface area (Å²) in [5.41, 5.74) is -6.02. The first-order valence-electron chi connectivity index (χ1n) is 14.0. The van der Waals surface area contributed by atoms with E-state index in [1.807, 2.05) is 6.92 Å². The number of carbonyl (C=O) groups is 1. The lowest BCUT2D eigenvalue weighted by Crippen LogP contribution is -2.53. The first kappa shape index (κ1) is 25.4. The van der Waals surface area contributed by atoms with Gasteiger partial charge in [0.2, 0.25) is 0 Å². The molecular formula is C27H39F3O5S. The minimum atomic E-state index is -5.41. The normalized spacial score (nSPS) is 44.6. The fraction of sp³-hybridized carbons (Fsp3) is 0.963. The van der Waals surface area contributed by atoms with Gasteiger partial charge in [-0.15, -0.1) is 0 Å². The van der Waals surface area contributed by atoms with Crippen LogP contribution >= 0.6 is 0 Å². The predicted octanol–water partition coefficient (Wildman–Crippen LogP) is 5.67. The van der Waals surface area contributed by atoms with Crippen LogP contribution in [0.2, 0.25) is 0 Å². The van der Waals surface area contributed by atoms with E-state index in [9.17, 15) is 26.4 Å². The molecule has 0 spiro atoms. The smallest absolute Gasteiger partial charge is 0.462 e. The van der Waals surface area contributed by atoms with Crippen LogP contribution < -0.4 is 0 Å². The van der Waals surface area contributed by atoms with E-state index >= 15 is 0 Å². The molecule has 9 heteroatoms. The topological polar surface area (TPSA) is 69.7 Å². The van der Waals surface area contributed by atoms with Crippen molar-refractivity contribution >= 4 is 15.8 Å². The Balaban J connectivity index is 1.16. The Morgan fingerprint density at radius 2 is 1.25 bits per heavy atom. The maximum atomic E-state index is 13.3. The number of carbonyl (C=O) groups excluding carboxylic acids is 1. The molecule has 0 aliphatic heterocycles. The Hall–Kier alpha value is -0.830. The van der Waals surface area contributed by atoms with Crippen LogP contribution in [0.25, 0.3) is 0 Å². The van der Waals surface area contributed by atoms with Crippen molar-refractivity contribution < 1.29 is 35.9 Å². The second-order valence-corrected chi connectivity index (χ2v) is 15.7. The second-order valence-electron chi connectivity index (χ2n) is 13.7. The van der Waals surface area contributed by atoms with E-state index in [1.54, 1.807) is 0 Å². The van der Waals surface area contributed by atoms with Gasteiger partial charge in [0.05, 0.1) is 17.3 Å². The van der Waals surface area contributed by atoms with Crippen molar-refractivity contribution in [3.05, 3.63) is 0 Å². The zero-order valence-corrected chi connectivity index (χ0v) is 21.9. The monoisotopic (exact) mass is 532 g/mol. The fourth-order valence-corrected chi connectivity index (χ4v) is 11.1. The molecule has 0 saturated heterocycles. The second kappa shape index (κ2) is 8.59. The molecule has 2 atom stereocenters. The number of esters is 1. The van der Waals surface area contributed by atoms with Gasteiger partial charge in [-0.05, 0) is 125 Å². The Morgan fingerprint density at radius 3 is 1.67 bits per heavy atom. The van der Waals surface area contributed by atoms with E-state index in [2.05, 4.69) is 0 Å². The Labute approximate surface area is 212 Å². The SMILES string of the molecule is CC(OC(COC(=O)C12CC3CC(CC(C3)C1)C2)CS(=O)(=O)C(F)(F)F)C12CC3CC(CC(C3)C1)C2. The van der Waals surface area contributed by atoms with E-state index < -0.39 is 39.2 Å². The summed E-state index contributed by atoms with van der Waals surface area (Å²) >= 11 is 0. The van der Waals surface area contributed by atoms with Crippen molar-refractivity contribution in [2.75, 3.05) is 12.4 Å². The summed E-state index contributed by atoms with van der Waals surface area (Å²) in [6, 6.07) is 0. The minimum absolute atomic E-state index is 0.112. The Kier molecular flexibility index (Phi) is 6.07. The van der Waals surface area contributed by atoms with Gasteiger partial charge in [0.25, 0.3) is 9.84 Å². The molecule has 204 valence electrons. The summed E-state index contributed by atoms with van der Waals surface area (Å²) in [6.07, 6.45) is 10.8. The highest BCUT2D eigenvalue weighted by Gasteiger charge is 2.57. The molecule has 0 aromatic rings. The molecule has 0 amide bonds. The number of halogens is 3. The van der Waals surface area contributed by atoms with E-state index in [0.717, 1.165) is 57.8 Å². The zero-order valence-electron chi connectivity index (χ0n) is 21.1. The summed E-state index contributed by atoms with van der Waals surface area (Å²) in [4.78, 5) is 13.3. The minimum Gasteiger partial charge on any atom is -0.462 e. The lowest BCUT2D eigenvalue weighted by Gasteiger charge is -2.59. The van der Waals surface area contributed by atoms with Crippen LogP contribution in [0.3, 0.4) is 0 Å². The van der Waals surface area contributed by atoms with E-state index in [-0.39, 0.29) is 17.5 Å². The third-order valence-corrected chi connectivity index (χ3v) is 12.5. The first-order chi connectivity index (χ1) is 16.8. The first-order valence-corrected chi connectivity index (χ1v) is 15.6. The molecule has 5 nitrogen and oxygen atoms in total. The molecule has 0 aromatic heterocycles. The van der Waals surface area contributed by atoms with Crippen molar-refractivity contribution in [3.8, 4) is 0 Å². The fourth-order valence-electron chi connectivity index (χ4n) is 10.3. The Bertz CT molecular complexity index is 919. The lowest BCUT2D eigenvalue weighted by molar-refractivity contribution is -0.183. The quantitative estimate of drug-likeness (QED) is 0.377. The molecule has 8 aliphatic rings. The van der Waals surface area contributed by atoms with Crippen LogP contribution in [0.15, 0.2) is 0 Å². The highest BCUT2D eigenvalue weighted by Crippen LogP contribution is 2.62. The van der Waals surface area contributed by atoms with E-state index in [4.69, 9.17) is 9.47 Å². The van der Waals surface area contributed by atoms with Crippen LogP contribution in [0, 0.1) is 46.3 Å². The lowest BCUT2D eigenvalue weighted by atomic mass is 9.48. The molecule has 8 bridgehead atoms. The third-order valence-electron chi connectivity index (χ3n) is 11.0. The molecule has 0 aromatic carbocycles. The molecule has 36 heavy (non-hydrogen) atoms. The Morgan fingerprint density at radius 1 is 0.833 bits per heavy atom. The highest BCUT2D eigenvalue weighted by molar-refractivity contribution is 7.92. The van der Waals surface area contributed by atoms with Crippen LogP contribution in [-0.4, -0.2) is 44.5 Å². The van der Waals surface area contributed by atoms with Gasteiger partial charge in [-0.2, -0.15) is 13.2 Å². The van der Waals surface area contributed by atoms with Crippen molar-refractivity contribution in [2.45, 2.75) is 102 Å². The molecular weight excluding hydrogens is 493 g/mol. The maximum Gasteiger partial charge on any atom is 0.497 e. The molecule has 8 aliphatic carbocycles. The molecule has 0 radical (unpaired) electrons. The van der Waals surface area contributed by atoms with Gasteiger partial charge in [-0.3, -0.25) is 4.79 Å². The summed E-state index contributed by atoms with van der Waals surface area (Å²) in [5.74, 6) is 1.91. The van der Waals surface area contributed by atoms with Crippen molar-refractivity contribution in [1.82, 2.24) is 0 Å². The molecule has 0 N–H and O–H groups in total. The summed E-state index contributed by atoms with van der Waals surface area (Å²) in [6.45, 7) is 1.45. The average molecular weight is 533 g/mol. The average Bonchev–Trinajstić information content (AvgIpc) is 2.74. The number of hydrogen-bond acceptors (Lipinski definition) is 5. The van der Waals surface area contributed by atoms with Crippen LogP contribution in [0.5, 0.6) is 0 Å².